The number of aromatic nitrogens is 2. The van der Waals surface area contributed by atoms with Gasteiger partial charge in [-0.1, -0.05) is 0 Å². The van der Waals surface area contributed by atoms with Crippen LogP contribution in [0.15, 0.2) is 12.4 Å². The van der Waals surface area contributed by atoms with Gasteiger partial charge in [0.05, 0.1) is 17.3 Å². The van der Waals surface area contributed by atoms with Gasteiger partial charge in [-0.2, -0.15) is 5.10 Å². The van der Waals surface area contributed by atoms with Crippen LogP contribution in [0.25, 0.3) is 0 Å². The molecule has 0 aliphatic rings. The Bertz CT molecular complexity index is 372. The van der Waals surface area contributed by atoms with Gasteiger partial charge in [-0.3, -0.25) is 14.9 Å². The Hall–Kier alpha value is -1.85. The van der Waals surface area contributed by atoms with Crippen molar-refractivity contribution in [3.05, 3.63) is 18.0 Å². The zero-order valence-corrected chi connectivity index (χ0v) is 9.98. The van der Waals surface area contributed by atoms with Crippen LogP contribution in [-0.4, -0.2) is 26.7 Å². The minimum atomic E-state index is -0.833. The van der Waals surface area contributed by atoms with Crippen LogP contribution in [0.4, 0.5) is 0 Å². The first-order valence-corrected chi connectivity index (χ1v) is 4.73. The second-order valence-electron chi connectivity index (χ2n) is 4.28. The van der Waals surface area contributed by atoms with Crippen LogP contribution in [-0.2, 0) is 10.3 Å². The fourth-order valence-corrected chi connectivity index (χ4v) is 0.829. The zero-order chi connectivity index (χ0) is 12.9. The van der Waals surface area contributed by atoms with Crippen molar-refractivity contribution < 1.29 is 9.90 Å². The van der Waals surface area contributed by atoms with E-state index in [0.29, 0.717) is 5.56 Å². The number of rotatable bonds is 1. The number of nitrogens with zero attached hydrogens (tertiary/aromatic N) is 2. The Morgan fingerprint density at radius 3 is 2.19 bits per heavy atom. The first kappa shape index (κ1) is 14.2. The maximum atomic E-state index is 9.00. The van der Waals surface area contributed by atoms with E-state index in [1.807, 2.05) is 20.8 Å². The molecule has 0 aliphatic heterocycles. The third-order valence-corrected chi connectivity index (χ3v) is 1.58. The lowest BCUT2D eigenvalue weighted by atomic mass is 10.1. The van der Waals surface area contributed by atoms with Gasteiger partial charge in [-0.15, -0.1) is 0 Å². The lowest BCUT2D eigenvalue weighted by Gasteiger charge is -2.18. The monoisotopic (exact) mass is 226 g/mol. The molecule has 6 heteroatoms. The number of nitrogens with one attached hydrogen (secondary N) is 1. The molecular formula is C10H18N4O2. The number of carboxylic acids is 1. The first-order chi connectivity index (χ1) is 7.14. The van der Waals surface area contributed by atoms with Crippen LogP contribution in [0.2, 0.25) is 0 Å². The molecule has 0 unspecified atom stereocenters. The quantitative estimate of drug-likeness (QED) is 0.491. The van der Waals surface area contributed by atoms with Gasteiger partial charge in [0.15, 0.2) is 0 Å². The Morgan fingerprint density at radius 2 is 2.00 bits per heavy atom. The number of carboxylic acid groups (broad SMARTS) is 1. The van der Waals surface area contributed by atoms with E-state index < -0.39 is 5.97 Å². The Morgan fingerprint density at radius 1 is 1.56 bits per heavy atom. The molecule has 0 radical (unpaired) electrons. The number of carbonyl (C=O) groups is 1. The molecule has 0 atom stereocenters. The van der Waals surface area contributed by atoms with Crippen LogP contribution in [0.1, 0.15) is 33.3 Å². The fourth-order valence-electron chi connectivity index (χ4n) is 0.829. The fraction of sp³-hybridized carbons (Fsp3) is 0.500. The molecule has 4 N–H and O–H groups in total. The molecule has 90 valence electrons. The molecule has 0 bridgehead atoms. The second kappa shape index (κ2) is 5.29. The molecule has 1 aromatic heterocycles. The van der Waals surface area contributed by atoms with E-state index in [1.54, 1.807) is 17.1 Å². The number of aliphatic carboxylic acids is 1. The third-order valence-electron chi connectivity index (χ3n) is 1.58. The van der Waals surface area contributed by atoms with Gasteiger partial charge < -0.3 is 10.8 Å². The summed E-state index contributed by atoms with van der Waals surface area (Å²) in [5.74, 6) is -0.773. The molecule has 0 aliphatic carbocycles. The van der Waals surface area contributed by atoms with Crippen molar-refractivity contribution in [1.29, 1.82) is 5.41 Å². The highest BCUT2D eigenvalue weighted by Crippen LogP contribution is 2.12. The predicted octanol–water partition coefficient (Wildman–Crippen LogP) is 1.01. The van der Waals surface area contributed by atoms with Crippen molar-refractivity contribution in [3.63, 3.8) is 0 Å². The lowest BCUT2D eigenvalue weighted by molar-refractivity contribution is -0.134. The standard InChI is InChI=1S/C8H14N4.C2H4O2/c1-8(2,3)12-5-6(4-11-12)7(9)10;1-2(3)4/h4-5H,1-3H3,(H3,9,10);1H3,(H,3,4). The highest BCUT2D eigenvalue weighted by atomic mass is 16.4. The van der Waals surface area contributed by atoms with Crippen LogP contribution < -0.4 is 5.73 Å². The topological polar surface area (TPSA) is 105 Å². The summed E-state index contributed by atoms with van der Waals surface area (Å²) in [5.41, 5.74) is 5.92. The predicted molar refractivity (Wildman–Crippen MR) is 61.5 cm³/mol. The highest BCUT2D eigenvalue weighted by molar-refractivity contribution is 5.94. The Balaban J connectivity index is 0.000000487. The zero-order valence-electron chi connectivity index (χ0n) is 9.98. The number of amidine groups is 1. The molecule has 0 saturated heterocycles. The van der Waals surface area contributed by atoms with E-state index in [4.69, 9.17) is 21.0 Å². The molecule has 1 aromatic rings. The van der Waals surface area contributed by atoms with E-state index in [9.17, 15) is 0 Å². The van der Waals surface area contributed by atoms with Gasteiger partial charge in [-0.05, 0) is 20.8 Å². The van der Waals surface area contributed by atoms with Crippen molar-refractivity contribution in [3.8, 4) is 0 Å². The number of nitrogens with two attached hydrogens (primary N) is 1. The van der Waals surface area contributed by atoms with Gasteiger partial charge in [0, 0.05) is 13.1 Å². The first-order valence-electron chi connectivity index (χ1n) is 4.73. The third kappa shape index (κ3) is 5.14. The van der Waals surface area contributed by atoms with Crippen molar-refractivity contribution >= 4 is 11.8 Å². The summed E-state index contributed by atoms with van der Waals surface area (Å²) < 4.78 is 1.80. The van der Waals surface area contributed by atoms with E-state index >= 15 is 0 Å². The summed E-state index contributed by atoms with van der Waals surface area (Å²) in [6.07, 6.45) is 3.38. The van der Waals surface area contributed by atoms with Crippen LogP contribution in [0.5, 0.6) is 0 Å². The molecule has 0 amide bonds. The second-order valence-corrected chi connectivity index (χ2v) is 4.28. The molecule has 1 heterocycles. The number of hydrogen-bond donors (Lipinski definition) is 3. The molecular weight excluding hydrogens is 208 g/mol. The normalized spacial score (nSPS) is 10.2. The maximum Gasteiger partial charge on any atom is 0.300 e. The molecule has 0 spiro atoms. The summed E-state index contributed by atoms with van der Waals surface area (Å²) in [6, 6.07) is 0. The van der Waals surface area contributed by atoms with Gasteiger partial charge in [0.2, 0.25) is 0 Å². The van der Waals surface area contributed by atoms with Crippen LogP contribution in [0, 0.1) is 5.41 Å². The summed E-state index contributed by atoms with van der Waals surface area (Å²) >= 11 is 0. The summed E-state index contributed by atoms with van der Waals surface area (Å²) in [7, 11) is 0. The smallest absolute Gasteiger partial charge is 0.300 e. The molecule has 0 saturated carbocycles. The average Bonchev–Trinajstić information content (AvgIpc) is 2.48. The summed E-state index contributed by atoms with van der Waals surface area (Å²) in [6.45, 7) is 7.22. The largest absolute Gasteiger partial charge is 0.481 e. The molecule has 6 nitrogen and oxygen atoms in total. The minimum Gasteiger partial charge on any atom is -0.481 e. The van der Waals surface area contributed by atoms with Crippen molar-refractivity contribution in [2.75, 3.05) is 0 Å². The van der Waals surface area contributed by atoms with Crippen molar-refractivity contribution in [1.82, 2.24) is 9.78 Å². The van der Waals surface area contributed by atoms with E-state index in [-0.39, 0.29) is 11.4 Å². The Kier molecular flexibility index (Phi) is 4.68. The van der Waals surface area contributed by atoms with Crippen molar-refractivity contribution in [2.24, 2.45) is 5.73 Å². The summed E-state index contributed by atoms with van der Waals surface area (Å²) in [5, 5.41) is 18.7. The maximum absolute atomic E-state index is 9.00. The lowest BCUT2D eigenvalue weighted by Crippen LogP contribution is -2.22. The van der Waals surface area contributed by atoms with Gasteiger partial charge >= 0.3 is 0 Å². The summed E-state index contributed by atoms with van der Waals surface area (Å²) in [4.78, 5) is 9.00. The van der Waals surface area contributed by atoms with Gasteiger partial charge in [0.25, 0.3) is 5.97 Å². The SMILES string of the molecule is CC(=O)O.CC(C)(C)n1cc(C(=N)N)cn1. The Labute approximate surface area is 94.6 Å². The van der Waals surface area contributed by atoms with Gasteiger partial charge in [-0.25, -0.2) is 0 Å². The minimum absolute atomic E-state index is 0.0479. The number of nitrogen functional groups attached to an aromatic ring is 1. The average molecular weight is 226 g/mol. The van der Waals surface area contributed by atoms with Gasteiger partial charge in [0.1, 0.15) is 5.84 Å². The number of hydrogen-bond acceptors (Lipinski definition) is 3. The van der Waals surface area contributed by atoms with Crippen LogP contribution in [0.3, 0.4) is 0 Å². The van der Waals surface area contributed by atoms with E-state index in [2.05, 4.69) is 5.10 Å². The van der Waals surface area contributed by atoms with Crippen molar-refractivity contribution in [2.45, 2.75) is 33.2 Å². The molecule has 0 fully saturated rings. The molecule has 0 aromatic carbocycles. The van der Waals surface area contributed by atoms with E-state index in [0.717, 1.165) is 6.92 Å². The van der Waals surface area contributed by atoms with Crippen LogP contribution >= 0.6 is 0 Å². The van der Waals surface area contributed by atoms with E-state index in [1.165, 1.54) is 0 Å². The molecule has 16 heavy (non-hydrogen) atoms. The molecule has 1 rings (SSSR count). The highest BCUT2D eigenvalue weighted by Gasteiger charge is 2.14.